The Morgan fingerprint density at radius 3 is 2.30 bits per heavy atom. The van der Waals surface area contributed by atoms with Gasteiger partial charge >= 0.3 is 0 Å². The number of rotatable bonds is 4. The van der Waals surface area contributed by atoms with Gasteiger partial charge in [-0.25, -0.2) is 8.42 Å². The van der Waals surface area contributed by atoms with Crippen LogP contribution >= 0.6 is 0 Å². The number of carbonyl (C=O) groups is 2. The van der Waals surface area contributed by atoms with E-state index >= 15 is 0 Å². The maximum absolute atomic E-state index is 13.3. The molecule has 7 nitrogen and oxygen atoms in total. The third-order valence-corrected chi connectivity index (χ3v) is 6.83. The van der Waals surface area contributed by atoms with E-state index in [1.165, 1.54) is 10.6 Å². The van der Waals surface area contributed by atoms with Crippen molar-refractivity contribution in [1.82, 2.24) is 14.1 Å². The van der Waals surface area contributed by atoms with Crippen LogP contribution < -0.4 is 0 Å². The molecule has 2 aliphatic rings. The second-order valence-electron chi connectivity index (χ2n) is 7.17. The zero-order chi connectivity index (χ0) is 19.6. The summed E-state index contributed by atoms with van der Waals surface area (Å²) in [6.07, 6.45) is 2.10. The highest BCUT2D eigenvalue weighted by molar-refractivity contribution is 7.88. The van der Waals surface area contributed by atoms with E-state index in [9.17, 15) is 18.0 Å². The number of piperazine rings is 1. The maximum Gasteiger partial charge on any atom is 0.228 e. The van der Waals surface area contributed by atoms with Crippen molar-refractivity contribution in [2.75, 3.05) is 39.0 Å². The smallest absolute Gasteiger partial charge is 0.228 e. The van der Waals surface area contributed by atoms with Crippen molar-refractivity contribution in [3.8, 4) is 0 Å². The summed E-state index contributed by atoms with van der Waals surface area (Å²) in [7, 11) is -3.23. The van der Waals surface area contributed by atoms with E-state index in [1.807, 2.05) is 37.3 Å². The van der Waals surface area contributed by atoms with E-state index in [-0.39, 0.29) is 23.8 Å². The van der Waals surface area contributed by atoms with Crippen molar-refractivity contribution in [3.63, 3.8) is 0 Å². The van der Waals surface area contributed by atoms with Crippen LogP contribution in [0, 0.1) is 5.92 Å². The number of benzene rings is 1. The van der Waals surface area contributed by atoms with Crippen LogP contribution in [0.4, 0.5) is 0 Å². The van der Waals surface area contributed by atoms with Crippen molar-refractivity contribution >= 4 is 21.8 Å². The average molecular weight is 394 g/mol. The highest BCUT2D eigenvalue weighted by Crippen LogP contribution is 2.37. The summed E-state index contributed by atoms with van der Waals surface area (Å²) >= 11 is 0. The Labute approximate surface area is 161 Å². The van der Waals surface area contributed by atoms with Gasteiger partial charge in [-0.1, -0.05) is 30.3 Å². The largest absolute Gasteiger partial charge is 0.340 e. The summed E-state index contributed by atoms with van der Waals surface area (Å²) in [5, 5.41) is 0. The van der Waals surface area contributed by atoms with Gasteiger partial charge in [-0.3, -0.25) is 9.59 Å². The molecule has 27 heavy (non-hydrogen) atoms. The number of nitrogens with zero attached hydrogens (tertiary/aromatic N) is 3. The van der Waals surface area contributed by atoms with Crippen molar-refractivity contribution in [3.05, 3.63) is 35.9 Å². The summed E-state index contributed by atoms with van der Waals surface area (Å²) in [6, 6.07) is 9.44. The molecule has 0 N–H and O–H groups in total. The van der Waals surface area contributed by atoms with Gasteiger partial charge < -0.3 is 9.80 Å². The molecule has 1 aromatic carbocycles. The van der Waals surface area contributed by atoms with Crippen LogP contribution in [0.3, 0.4) is 0 Å². The molecule has 2 aliphatic heterocycles. The minimum atomic E-state index is -3.23. The van der Waals surface area contributed by atoms with Gasteiger partial charge in [0.25, 0.3) is 0 Å². The predicted octanol–water partition coefficient (Wildman–Crippen LogP) is 1.09. The van der Waals surface area contributed by atoms with Gasteiger partial charge in [-0.15, -0.1) is 0 Å². The number of likely N-dealkylation sites (tertiary alicyclic amines) is 1. The van der Waals surface area contributed by atoms with Crippen molar-refractivity contribution in [2.45, 2.75) is 25.8 Å². The van der Waals surface area contributed by atoms with Crippen molar-refractivity contribution in [2.24, 2.45) is 5.92 Å². The molecule has 8 heteroatoms. The topological polar surface area (TPSA) is 78.0 Å². The van der Waals surface area contributed by atoms with E-state index in [0.717, 1.165) is 5.56 Å². The fourth-order valence-electron chi connectivity index (χ4n) is 4.12. The summed E-state index contributed by atoms with van der Waals surface area (Å²) in [5.41, 5.74) is 0.973. The Hall–Kier alpha value is -1.93. The Morgan fingerprint density at radius 1 is 1.11 bits per heavy atom. The third kappa shape index (κ3) is 4.16. The predicted molar refractivity (Wildman–Crippen MR) is 102 cm³/mol. The van der Waals surface area contributed by atoms with Crippen LogP contribution in [0.2, 0.25) is 0 Å². The normalized spacial score (nSPS) is 24.9. The van der Waals surface area contributed by atoms with Gasteiger partial charge in [0.1, 0.15) is 0 Å². The van der Waals surface area contributed by atoms with Gasteiger partial charge in [-0.05, 0) is 18.9 Å². The van der Waals surface area contributed by atoms with E-state index < -0.39 is 10.0 Å². The zero-order valence-corrected chi connectivity index (χ0v) is 16.7. The quantitative estimate of drug-likeness (QED) is 0.767. The van der Waals surface area contributed by atoms with E-state index in [0.29, 0.717) is 45.6 Å². The molecule has 2 fully saturated rings. The maximum atomic E-state index is 13.3. The number of amides is 2. The SMILES string of the molecule is CCN1C(=O)CC[C@@H](C(=O)N2CCN(S(C)(=O)=O)CC2)[C@@H]1c1ccccc1. The Morgan fingerprint density at radius 2 is 1.74 bits per heavy atom. The van der Waals surface area contributed by atoms with Gasteiger partial charge in [0.05, 0.1) is 18.2 Å². The number of sulfonamides is 1. The standard InChI is InChI=1S/C19H27N3O4S/c1-3-22-17(23)10-9-16(18(22)15-7-5-4-6-8-15)19(24)20-11-13-21(14-12-20)27(2,25)26/h4-8,16,18H,3,9-14H2,1-2H3/t16-,18+/m1/s1. The first kappa shape index (κ1) is 19.8. The Bertz CT molecular complexity index is 788. The molecule has 3 rings (SSSR count). The van der Waals surface area contributed by atoms with E-state index in [4.69, 9.17) is 0 Å². The number of carbonyl (C=O) groups excluding carboxylic acids is 2. The number of hydrogen-bond donors (Lipinski definition) is 0. The van der Waals surface area contributed by atoms with Crippen LogP contribution in [0.5, 0.6) is 0 Å². The molecule has 1 aromatic rings. The molecule has 148 valence electrons. The first-order chi connectivity index (χ1) is 12.8. The Balaban J connectivity index is 1.81. The second kappa shape index (κ2) is 7.98. The van der Waals surface area contributed by atoms with Crippen LogP contribution in [0.15, 0.2) is 30.3 Å². The van der Waals surface area contributed by atoms with Gasteiger partial charge in [-0.2, -0.15) is 4.31 Å². The third-order valence-electron chi connectivity index (χ3n) is 5.52. The van der Waals surface area contributed by atoms with Gasteiger partial charge in [0.2, 0.25) is 21.8 Å². The number of hydrogen-bond acceptors (Lipinski definition) is 4. The first-order valence-corrected chi connectivity index (χ1v) is 11.3. The second-order valence-corrected chi connectivity index (χ2v) is 9.15. The van der Waals surface area contributed by atoms with Crippen LogP contribution in [-0.2, 0) is 19.6 Å². The minimum Gasteiger partial charge on any atom is -0.340 e. The number of piperidine rings is 1. The van der Waals surface area contributed by atoms with E-state index in [1.54, 1.807) is 9.80 Å². The lowest BCUT2D eigenvalue weighted by atomic mass is 9.83. The Kier molecular flexibility index (Phi) is 5.86. The average Bonchev–Trinajstić information content (AvgIpc) is 2.67. The molecular formula is C19H27N3O4S. The van der Waals surface area contributed by atoms with Crippen LogP contribution in [0.1, 0.15) is 31.4 Å². The summed E-state index contributed by atoms with van der Waals surface area (Å²) in [4.78, 5) is 29.3. The summed E-state index contributed by atoms with van der Waals surface area (Å²) in [6.45, 7) is 3.93. The molecule has 0 aliphatic carbocycles. The van der Waals surface area contributed by atoms with Crippen LogP contribution in [0.25, 0.3) is 0 Å². The molecule has 0 radical (unpaired) electrons. The molecule has 0 bridgehead atoms. The van der Waals surface area contributed by atoms with E-state index in [2.05, 4.69) is 0 Å². The monoisotopic (exact) mass is 393 g/mol. The molecule has 0 unspecified atom stereocenters. The van der Waals surface area contributed by atoms with Crippen molar-refractivity contribution < 1.29 is 18.0 Å². The lowest BCUT2D eigenvalue weighted by Gasteiger charge is -2.43. The minimum absolute atomic E-state index is 0.0166. The molecular weight excluding hydrogens is 366 g/mol. The molecule has 0 spiro atoms. The molecule has 2 atom stereocenters. The lowest BCUT2D eigenvalue weighted by Crippen LogP contribution is -2.54. The molecule has 2 heterocycles. The fourth-order valence-corrected chi connectivity index (χ4v) is 4.95. The highest BCUT2D eigenvalue weighted by Gasteiger charge is 2.42. The molecule has 2 amide bonds. The zero-order valence-electron chi connectivity index (χ0n) is 15.9. The highest BCUT2D eigenvalue weighted by atomic mass is 32.2. The van der Waals surface area contributed by atoms with Gasteiger partial charge in [0, 0.05) is 39.1 Å². The van der Waals surface area contributed by atoms with Crippen molar-refractivity contribution in [1.29, 1.82) is 0 Å². The van der Waals surface area contributed by atoms with Crippen LogP contribution in [-0.4, -0.2) is 73.3 Å². The molecule has 0 aromatic heterocycles. The first-order valence-electron chi connectivity index (χ1n) is 9.41. The molecule has 2 saturated heterocycles. The van der Waals surface area contributed by atoms with Gasteiger partial charge in [0.15, 0.2) is 0 Å². The lowest BCUT2D eigenvalue weighted by molar-refractivity contribution is -0.148. The molecule has 0 saturated carbocycles. The summed E-state index contributed by atoms with van der Waals surface area (Å²) < 4.78 is 24.8. The summed E-state index contributed by atoms with van der Waals surface area (Å²) in [5.74, 6) is -0.199. The fraction of sp³-hybridized carbons (Fsp3) is 0.579.